The highest BCUT2D eigenvalue weighted by Crippen LogP contribution is 2.31. The minimum absolute atomic E-state index is 0.0340. The van der Waals surface area contributed by atoms with Crippen molar-refractivity contribution in [1.82, 2.24) is 28.8 Å². The summed E-state index contributed by atoms with van der Waals surface area (Å²) < 4.78 is 40.2. The van der Waals surface area contributed by atoms with E-state index in [0.29, 0.717) is 44.2 Å². The number of rotatable bonds is 8. The van der Waals surface area contributed by atoms with Gasteiger partial charge in [0.1, 0.15) is 5.75 Å². The largest absolute Gasteiger partial charge is 0.493 e. The van der Waals surface area contributed by atoms with Gasteiger partial charge in [0, 0.05) is 26.2 Å². The van der Waals surface area contributed by atoms with Gasteiger partial charge < -0.3 is 19.4 Å². The fourth-order valence-corrected chi connectivity index (χ4v) is 5.64. The van der Waals surface area contributed by atoms with Gasteiger partial charge >= 0.3 is 5.97 Å². The third-order valence-electron chi connectivity index (χ3n) is 6.06. The number of benzene rings is 1. The lowest BCUT2D eigenvalue weighted by atomic mass is 10.2. The molecule has 0 unspecified atom stereocenters. The van der Waals surface area contributed by atoms with E-state index in [0.717, 1.165) is 11.1 Å². The second-order valence-corrected chi connectivity index (χ2v) is 10.2. The van der Waals surface area contributed by atoms with Crippen LogP contribution < -0.4 is 10.3 Å². The molecule has 1 N–H and O–H groups in total. The number of hydrogen-bond acceptors (Lipinski definition) is 9. The van der Waals surface area contributed by atoms with Crippen LogP contribution in [0.3, 0.4) is 0 Å². The molecule has 0 atom stereocenters. The molecule has 0 aliphatic carbocycles. The minimum Gasteiger partial charge on any atom is -0.493 e. The number of imidazole rings is 1. The molecule has 4 rings (SSSR count). The Hall–Kier alpha value is -3.29. The zero-order valence-corrected chi connectivity index (χ0v) is 21.6. The van der Waals surface area contributed by atoms with Crippen molar-refractivity contribution in [2.24, 2.45) is 0 Å². The first-order valence-electron chi connectivity index (χ1n) is 11.9. The van der Waals surface area contributed by atoms with E-state index in [1.165, 1.54) is 16.4 Å². The number of hydrogen-bond donors (Lipinski definition) is 1. The fourth-order valence-electron chi connectivity index (χ4n) is 4.19. The summed E-state index contributed by atoms with van der Waals surface area (Å²) in [6, 6.07) is 4.46. The van der Waals surface area contributed by atoms with E-state index < -0.39 is 21.6 Å². The van der Waals surface area contributed by atoms with Crippen LogP contribution in [0.1, 0.15) is 37.1 Å². The first-order chi connectivity index (χ1) is 17.2. The van der Waals surface area contributed by atoms with E-state index >= 15 is 0 Å². The second-order valence-electron chi connectivity index (χ2n) is 8.23. The van der Waals surface area contributed by atoms with E-state index in [1.807, 2.05) is 6.92 Å². The summed E-state index contributed by atoms with van der Waals surface area (Å²) in [6.45, 7) is 10.5. The highest BCUT2D eigenvalue weighted by atomic mass is 32.2. The van der Waals surface area contributed by atoms with Gasteiger partial charge in [0.05, 0.1) is 29.4 Å². The predicted molar refractivity (Wildman–Crippen MR) is 132 cm³/mol. The SMILES string of the molecule is CCOC(=O)c1nc(C)c2c(=O)[nH]c(-c3cc(S(=O)(=O)N4CCN(CC)CC4)ccc3OCC)nn12. The van der Waals surface area contributed by atoms with Gasteiger partial charge in [-0.05, 0) is 45.5 Å². The number of ether oxygens (including phenoxy) is 2. The first-order valence-corrected chi connectivity index (χ1v) is 13.3. The fraction of sp³-hybridized carbons (Fsp3) is 0.478. The van der Waals surface area contributed by atoms with Gasteiger partial charge in [-0.2, -0.15) is 8.82 Å². The maximum atomic E-state index is 13.4. The molecule has 12 nitrogen and oxygen atoms in total. The Bertz CT molecular complexity index is 1440. The van der Waals surface area contributed by atoms with Gasteiger partial charge in [-0.3, -0.25) is 4.79 Å². The number of carbonyl (C=O) groups is 1. The number of H-pyrrole nitrogens is 1. The zero-order chi connectivity index (χ0) is 26.0. The number of aromatic nitrogens is 4. The molecule has 3 heterocycles. The number of esters is 1. The van der Waals surface area contributed by atoms with E-state index in [4.69, 9.17) is 9.47 Å². The van der Waals surface area contributed by atoms with Crippen molar-refractivity contribution >= 4 is 21.5 Å². The molecule has 36 heavy (non-hydrogen) atoms. The summed E-state index contributed by atoms with van der Waals surface area (Å²) in [5.41, 5.74) is 0.139. The number of nitrogens with one attached hydrogen (secondary N) is 1. The molecule has 1 aromatic carbocycles. The van der Waals surface area contributed by atoms with E-state index in [-0.39, 0.29) is 34.2 Å². The van der Waals surface area contributed by atoms with Gasteiger partial charge in [-0.25, -0.2) is 18.2 Å². The Morgan fingerprint density at radius 1 is 1.11 bits per heavy atom. The van der Waals surface area contributed by atoms with Crippen molar-refractivity contribution in [1.29, 1.82) is 0 Å². The number of nitrogens with zero attached hydrogens (tertiary/aromatic N) is 5. The van der Waals surface area contributed by atoms with E-state index in [1.54, 1.807) is 26.8 Å². The molecular formula is C23H30N6O6S. The average molecular weight is 519 g/mol. The van der Waals surface area contributed by atoms with Crippen LogP contribution in [0.15, 0.2) is 27.9 Å². The number of piperazine rings is 1. The second kappa shape index (κ2) is 10.4. The molecule has 0 radical (unpaired) electrons. The maximum Gasteiger partial charge on any atom is 0.376 e. The molecule has 2 aromatic heterocycles. The Labute approximate surface area is 208 Å². The summed E-state index contributed by atoms with van der Waals surface area (Å²) in [4.78, 5) is 34.5. The van der Waals surface area contributed by atoms with Gasteiger partial charge in [0.2, 0.25) is 15.8 Å². The molecule has 194 valence electrons. The van der Waals surface area contributed by atoms with E-state index in [2.05, 4.69) is 20.0 Å². The van der Waals surface area contributed by atoms with Crippen LogP contribution in [0, 0.1) is 6.92 Å². The summed E-state index contributed by atoms with van der Waals surface area (Å²) in [7, 11) is -3.80. The number of sulfonamides is 1. The molecule has 1 aliphatic rings. The van der Waals surface area contributed by atoms with Crippen LogP contribution in [-0.2, 0) is 14.8 Å². The Morgan fingerprint density at radius 3 is 2.47 bits per heavy atom. The van der Waals surface area contributed by atoms with Crippen LogP contribution in [0.5, 0.6) is 5.75 Å². The number of aromatic amines is 1. The normalized spacial score (nSPS) is 15.3. The summed E-state index contributed by atoms with van der Waals surface area (Å²) >= 11 is 0. The van der Waals surface area contributed by atoms with Crippen LogP contribution in [-0.4, -0.2) is 89.1 Å². The summed E-state index contributed by atoms with van der Waals surface area (Å²) in [5.74, 6) is -0.500. The Morgan fingerprint density at radius 2 is 1.83 bits per heavy atom. The van der Waals surface area contributed by atoms with E-state index in [9.17, 15) is 18.0 Å². The number of likely N-dealkylation sites (N-methyl/N-ethyl adjacent to an activating group) is 1. The van der Waals surface area contributed by atoms with Crippen molar-refractivity contribution in [2.45, 2.75) is 32.6 Å². The van der Waals surface area contributed by atoms with Gasteiger partial charge in [-0.15, -0.1) is 5.10 Å². The molecular weight excluding hydrogens is 488 g/mol. The first kappa shape index (κ1) is 25.8. The molecule has 0 amide bonds. The molecule has 0 saturated carbocycles. The lowest BCUT2D eigenvalue weighted by Gasteiger charge is -2.33. The van der Waals surface area contributed by atoms with Gasteiger partial charge in [-0.1, -0.05) is 6.92 Å². The Balaban J connectivity index is 1.83. The quantitative estimate of drug-likeness (QED) is 0.437. The monoisotopic (exact) mass is 518 g/mol. The third-order valence-corrected chi connectivity index (χ3v) is 7.95. The maximum absolute atomic E-state index is 13.4. The summed E-state index contributed by atoms with van der Waals surface area (Å²) in [5, 5.41) is 4.43. The number of aryl methyl sites for hydroxylation is 1. The van der Waals surface area contributed by atoms with Crippen LogP contribution in [0.25, 0.3) is 16.9 Å². The number of carbonyl (C=O) groups excluding carboxylic acids is 1. The lowest BCUT2D eigenvalue weighted by molar-refractivity contribution is 0.0509. The predicted octanol–water partition coefficient (Wildman–Crippen LogP) is 1.29. The topological polar surface area (TPSA) is 139 Å². The lowest BCUT2D eigenvalue weighted by Crippen LogP contribution is -2.48. The van der Waals surface area contributed by atoms with Gasteiger partial charge in [0.15, 0.2) is 11.3 Å². The summed E-state index contributed by atoms with van der Waals surface area (Å²) in [6.07, 6.45) is 0. The minimum atomic E-state index is -3.80. The molecule has 1 saturated heterocycles. The van der Waals surface area contributed by atoms with Crippen molar-refractivity contribution in [2.75, 3.05) is 45.9 Å². The van der Waals surface area contributed by atoms with Crippen molar-refractivity contribution in [3.05, 3.63) is 40.1 Å². The molecule has 0 spiro atoms. The van der Waals surface area contributed by atoms with Crippen molar-refractivity contribution in [3.8, 4) is 17.1 Å². The Kier molecular flexibility index (Phi) is 7.43. The van der Waals surface area contributed by atoms with Crippen molar-refractivity contribution < 1.29 is 22.7 Å². The standard InChI is InChI=1S/C23H30N6O6S/c1-5-27-10-12-28(13-11-27)36(32,33)16-8-9-18(34-6-2)17(14-16)20-25-22(30)19-15(4)24-21(29(19)26-20)23(31)35-7-3/h8-9,14H,5-7,10-13H2,1-4H3,(H,25,26,30). The molecule has 0 bridgehead atoms. The number of fused-ring (bicyclic) bond motifs is 1. The molecule has 3 aromatic rings. The highest BCUT2D eigenvalue weighted by Gasteiger charge is 2.29. The van der Waals surface area contributed by atoms with Crippen LogP contribution in [0.4, 0.5) is 0 Å². The third kappa shape index (κ3) is 4.73. The average Bonchev–Trinajstić information content (AvgIpc) is 3.21. The molecule has 1 aliphatic heterocycles. The molecule has 1 fully saturated rings. The van der Waals surface area contributed by atoms with Crippen molar-refractivity contribution in [3.63, 3.8) is 0 Å². The van der Waals surface area contributed by atoms with Crippen LogP contribution in [0.2, 0.25) is 0 Å². The highest BCUT2D eigenvalue weighted by molar-refractivity contribution is 7.89. The smallest absolute Gasteiger partial charge is 0.376 e. The molecule has 13 heteroatoms. The zero-order valence-electron chi connectivity index (χ0n) is 20.8. The van der Waals surface area contributed by atoms with Crippen LogP contribution >= 0.6 is 0 Å². The van der Waals surface area contributed by atoms with Gasteiger partial charge in [0.25, 0.3) is 5.56 Å².